The van der Waals surface area contributed by atoms with E-state index in [0.29, 0.717) is 0 Å². The Hall–Kier alpha value is 0.0700. The van der Waals surface area contributed by atoms with Gasteiger partial charge in [0, 0.05) is 11.3 Å². The maximum atomic E-state index is 5.94. The summed E-state index contributed by atoms with van der Waals surface area (Å²) in [7, 11) is 0. The zero-order valence-electron chi connectivity index (χ0n) is 7.91. The summed E-state index contributed by atoms with van der Waals surface area (Å²) in [5, 5.41) is 3.21. The summed E-state index contributed by atoms with van der Waals surface area (Å²) in [6, 6.07) is 0. The number of aromatic nitrogens is 1. The van der Waals surface area contributed by atoms with Gasteiger partial charge in [-0.15, -0.1) is 28.3 Å². The molecule has 0 atom stereocenters. The molecule has 0 spiro atoms. The Morgan fingerprint density at radius 1 is 1.54 bits per heavy atom. The van der Waals surface area contributed by atoms with Crippen LogP contribution in [0.5, 0.6) is 0 Å². The molecule has 0 unspecified atom stereocenters. The number of nitrogens with two attached hydrogens (primary N) is 1. The van der Waals surface area contributed by atoms with Gasteiger partial charge < -0.3 is 5.73 Å². The van der Waals surface area contributed by atoms with Gasteiger partial charge in [-0.25, -0.2) is 4.98 Å². The minimum atomic E-state index is -0.266. The van der Waals surface area contributed by atoms with Crippen molar-refractivity contribution in [2.45, 2.75) is 38.1 Å². The first-order chi connectivity index (χ1) is 5.57. The molecule has 4 heteroatoms. The number of hydrogen-bond acceptors (Lipinski definition) is 3. The van der Waals surface area contributed by atoms with Crippen molar-refractivity contribution in [1.82, 2.24) is 4.98 Å². The van der Waals surface area contributed by atoms with E-state index in [1.165, 1.54) is 18.5 Å². The Morgan fingerprint density at radius 3 is 2.54 bits per heavy atom. The molecular weight excluding hydrogens is 248 g/mol. The minimum absolute atomic E-state index is 0. The van der Waals surface area contributed by atoms with Gasteiger partial charge in [0.15, 0.2) is 0 Å². The largest absolute Gasteiger partial charge is 0.320 e. The first kappa shape index (κ1) is 11.1. The minimum Gasteiger partial charge on any atom is -0.320 e. The molecule has 1 aromatic heterocycles. The lowest BCUT2D eigenvalue weighted by molar-refractivity contribution is 0.548. The predicted octanol–water partition coefficient (Wildman–Crippen LogP) is 2.79. The van der Waals surface area contributed by atoms with Crippen LogP contribution >= 0.6 is 28.3 Å². The van der Waals surface area contributed by atoms with Crippen molar-refractivity contribution in [2.24, 2.45) is 5.73 Å². The average Bonchev–Trinajstić information content (AvgIpc) is 2.66. The molecule has 0 radical (unpaired) electrons. The van der Waals surface area contributed by atoms with Crippen molar-refractivity contribution in [2.75, 3.05) is 0 Å². The van der Waals surface area contributed by atoms with Gasteiger partial charge in [0.2, 0.25) is 0 Å². The SMILES string of the molecule is Br.CC(C)(N)c1nc(C2CC2)cs1. The van der Waals surface area contributed by atoms with Crippen LogP contribution in [0.2, 0.25) is 0 Å². The van der Waals surface area contributed by atoms with Gasteiger partial charge in [0.25, 0.3) is 0 Å². The van der Waals surface area contributed by atoms with Gasteiger partial charge in [-0.05, 0) is 26.7 Å². The van der Waals surface area contributed by atoms with Crippen LogP contribution < -0.4 is 5.73 Å². The van der Waals surface area contributed by atoms with E-state index in [1.807, 2.05) is 13.8 Å². The third-order valence-corrected chi connectivity index (χ3v) is 3.27. The number of halogens is 1. The highest BCUT2D eigenvalue weighted by molar-refractivity contribution is 8.93. The first-order valence-corrected chi connectivity index (χ1v) is 5.20. The second-order valence-corrected chi connectivity index (χ2v) is 4.93. The van der Waals surface area contributed by atoms with Crippen molar-refractivity contribution < 1.29 is 0 Å². The molecule has 1 fully saturated rings. The van der Waals surface area contributed by atoms with Crippen molar-refractivity contribution in [3.63, 3.8) is 0 Å². The van der Waals surface area contributed by atoms with Gasteiger partial charge in [-0.3, -0.25) is 0 Å². The van der Waals surface area contributed by atoms with E-state index in [-0.39, 0.29) is 22.5 Å². The van der Waals surface area contributed by atoms with Crippen LogP contribution in [0.4, 0.5) is 0 Å². The van der Waals surface area contributed by atoms with Gasteiger partial charge in [0.1, 0.15) is 5.01 Å². The molecule has 0 aliphatic heterocycles. The third-order valence-electron chi connectivity index (χ3n) is 2.07. The summed E-state index contributed by atoms with van der Waals surface area (Å²) < 4.78 is 0. The standard InChI is InChI=1S/C9H14N2S.BrH/c1-9(2,10)8-11-7(5-12-8)6-3-4-6;/h5-6H,3-4,10H2,1-2H3;1H. The maximum Gasteiger partial charge on any atom is 0.112 e. The third kappa shape index (κ3) is 2.51. The molecule has 1 heterocycles. The van der Waals surface area contributed by atoms with Crippen LogP contribution in [0.15, 0.2) is 5.38 Å². The van der Waals surface area contributed by atoms with Crippen LogP contribution in [-0.4, -0.2) is 4.98 Å². The van der Waals surface area contributed by atoms with Crippen molar-refractivity contribution >= 4 is 28.3 Å². The Kier molecular flexibility index (Phi) is 3.15. The summed E-state index contributed by atoms with van der Waals surface area (Å²) in [6.45, 7) is 4.00. The number of nitrogens with zero attached hydrogens (tertiary/aromatic N) is 1. The monoisotopic (exact) mass is 262 g/mol. The molecule has 0 bridgehead atoms. The van der Waals surface area contributed by atoms with Crippen LogP contribution in [0, 0.1) is 0 Å². The Labute approximate surface area is 93.3 Å². The van der Waals surface area contributed by atoms with Gasteiger partial charge in [0.05, 0.1) is 11.2 Å². The molecule has 2 rings (SSSR count). The van der Waals surface area contributed by atoms with Crippen LogP contribution in [0.1, 0.15) is 43.3 Å². The molecule has 0 aromatic carbocycles. The highest BCUT2D eigenvalue weighted by Gasteiger charge is 2.28. The van der Waals surface area contributed by atoms with Crippen LogP contribution in [0.3, 0.4) is 0 Å². The summed E-state index contributed by atoms with van der Waals surface area (Å²) in [5.74, 6) is 0.748. The van der Waals surface area contributed by atoms with Crippen LogP contribution in [-0.2, 0) is 5.54 Å². The van der Waals surface area contributed by atoms with E-state index in [0.717, 1.165) is 10.9 Å². The summed E-state index contributed by atoms with van der Waals surface area (Å²) in [6.07, 6.45) is 2.63. The Morgan fingerprint density at radius 2 is 2.15 bits per heavy atom. The molecule has 13 heavy (non-hydrogen) atoms. The molecule has 1 saturated carbocycles. The lowest BCUT2D eigenvalue weighted by Gasteiger charge is -2.13. The van der Waals surface area contributed by atoms with E-state index in [2.05, 4.69) is 10.4 Å². The normalized spacial score (nSPS) is 16.8. The van der Waals surface area contributed by atoms with Crippen molar-refractivity contribution in [1.29, 1.82) is 0 Å². The van der Waals surface area contributed by atoms with Crippen molar-refractivity contribution in [3.8, 4) is 0 Å². The lowest BCUT2D eigenvalue weighted by atomic mass is 10.1. The van der Waals surface area contributed by atoms with Gasteiger partial charge in [-0.1, -0.05) is 0 Å². The lowest BCUT2D eigenvalue weighted by Crippen LogP contribution is -2.28. The summed E-state index contributed by atoms with van der Waals surface area (Å²) in [4.78, 5) is 4.54. The predicted molar refractivity (Wildman–Crippen MR) is 61.6 cm³/mol. The number of rotatable bonds is 2. The molecule has 2 nitrogen and oxygen atoms in total. The molecule has 0 saturated heterocycles. The molecular formula is C9H15BrN2S. The topological polar surface area (TPSA) is 38.9 Å². The van der Waals surface area contributed by atoms with Gasteiger partial charge in [-0.2, -0.15) is 0 Å². The fraction of sp³-hybridized carbons (Fsp3) is 0.667. The Bertz CT molecular complexity index is 286. The average molecular weight is 263 g/mol. The number of hydrogen-bond donors (Lipinski definition) is 1. The highest BCUT2D eigenvalue weighted by atomic mass is 79.9. The zero-order chi connectivity index (χ0) is 8.77. The van der Waals surface area contributed by atoms with E-state index in [9.17, 15) is 0 Å². The highest BCUT2D eigenvalue weighted by Crippen LogP contribution is 2.40. The van der Waals surface area contributed by atoms with E-state index >= 15 is 0 Å². The van der Waals surface area contributed by atoms with E-state index < -0.39 is 0 Å². The molecule has 0 amide bonds. The molecule has 1 aliphatic rings. The van der Waals surface area contributed by atoms with Crippen LogP contribution in [0.25, 0.3) is 0 Å². The molecule has 1 aliphatic carbocycles. The first-order valence-electron chi connectivity index (χ1n) is 4.32. The van der Waals surface area contributed by atoms with E-state index in [1.54, 1.807) is 11.3 Å². The maximum absolute atomic E-state index is 5.94. The second-order valence-electron chi connectivity index (χ2n) is 4.07. The number of thiazole rings is 1. The zero-order valence-corrected chi connectivity index (χ0v) is 10.4. The summed E-state index contributed by atoms with van der Waals surface area (Å²) in [5.41, 5.74) is 6.93. The molecule has 74 valence electrons. The van der Waals surface area contributed by atoms with Gasteiger partial charge >= 0.3 is 0 Å². The van der Waals surface area contributed by atoms with Crippen molar-refractivity contribution in [3.05, 3.63) is 16.1 Å². The molecule has 1 aromatic rings. The molecule has 2 N–H and O–H groups in total. The second kappa shape index (κ2) is 3.67. The Balaban J connectivity index is 0.000000845. The quantitative estimate of drug-likeness (QED) is 0.891. The smallest absolute Gasteiger partial charge is 0.112 e. The fourth-order valence-electron chi connectivity index (χ4n) is 1.15. The summed E-state index contributed by atoms with van der Waals surface area (Å²) >= 11 is 1.69. The fourth-order valence-corrected chi connectivity index (χ4v) is 2.09. The van der Waals surface area contributed by atoms with E-state index in [4.69, 9.17) is 5.73 Å².